The molecule has 0 N–H and O–H groups in total. The maximum absolute atomic E-state index is 5.65. The van der Waals surface area contributed by atoms with E-state index in [-0.39, 0.29) is 5.41 Å². The Morgan fingerprint density at radius 1 is 1.47 bits per heavy atom. The lowest BCUT2D eigenvalue weighted by molar-refractivity contribution is 0.130. The number of aromatic nitrogens is 2. The van der Waals surface area contributed by atoms with Crippen LogP contribution >= 0.6 is 0 Å². The number of aryl methyl sites for hydroxylation is 1. The normalized spacial score (nSPS) is 33.5. The van der Waals surface area contributed by atoms with Crippen molar-refractivity contribution in [3.05, 3.63) is 11.7 Å². The second-order valence-corrected chi connectivity index (χ2v) is 5.54. The monoisotopic (exact) mass is 237 g/mol. The van der Waals surface area contributed by atoms with Gasteiger partial charge in [-0.3, -0.25) is 4.90 Å². The van der Waals surface area contributed by atoms with Gasteiger partial charge >= 0.3 is 0 Å². The molecular formula is C12H19N3O2. The van der Waals surface area contributed by atoms with Gasteiger partial charge < -0.3 is 9.26 Å². The van der Waals surface area contributed by atoms with E-state index >= 15 is 0 Å². The molecule has 1 aromatic heterocycles. The summed E-state index contributed by atoms with van der Waals surface area (Å²) in [6.07, 6.45) is 0. The van der Waals surface area contributed by atoms with Crippen LogP contribution in [-0.4, -0.2) is 47.4 Å². The number of ether oxygens (including phenoxy) is 1. The molecule has 2 saturated heterocycles. The summed E-state index contributed by atoms with van der Waals surface area (Å²) in [5.41, 5.74) is -0.0640. The Morgan fingerprint density at radius 3 is 2.94 bits per heavy atom. The summed E-state index contributed by atoms with van der Waals surface area (Å²) in [6, 6.07) is 0.557. The van der Waals surface area contributed by atoms with Gasteiger partial charge in [-0.15, -0.1) is 0 Å². The summed E-state index contributed by atoms with van der Waals surface area (Å²) in [7, 11) is 0. The minimum atomic E-state index is -0.0640. The quantitative estimate of drug-likeness (QED) is 0.767. The van der Waals surface area contributed by atoms with Gasteiger partial charge in [-0.2, -0.15) is 4.98 Å². The van der Waals surface area contributed by atoms with Crippen LogP contribution in [0.5, 0.6) is 0 Å². The number of likely N-dealkylation sites (tertiary alicyclic amines) is 1. The Morgan fingerprint density at radius 2 is 2.29 bits per heavy atom. The third-order valence-corrected chi connectivity index (χ3v) is 4.08. The molecule has 5 nitrogen and oxygen atoms in total. The fourth-order valence-corrected chi connectivity index (χ4v) is 2.97. The maximum atomic E-state index is 5.65. The Balaban J connectivity index is 1.94. The van der Waals surface area contributed by atoms with E-state index in [1.807, 2.05) is 6.92 Å². The van der Waals surface area contributed by atoms with E-state index in [4.69, 9.17) is 9.26 Å². The third-order valence-electron chi connectivity index (χ3n) is 4.08. The Labute approximate surface area is 101 Å². The number of rotatable bonds is 2. The van der Waals surface area contributed by atoms with Gasteiger partial charge in [0, 0.05) is 25.0 Å². The number of hydrogen-bond acceptors (Lipinski definition) is 5. The average molecular weight is 237 g/mol. The summed E-state index contributed by atoms with van der Waals surface area (Å²) < 4.78 is 11.1. The maximum Gasteiger partial charge on any atom is 0.236 e. The average Bonchev–Trinajstić information content (AvgIpc) is 2.88. The molecule has 5 heteroatoms. The topological polar surface area (TPSA) is 51.4 Å². The van der Waals surface area contributed by atoms with E-state index in [1.165, 1.54) is 0 Å². The van der Waals surface area contributed by atoms with E-state index in [2.05, 4.69) is 28.9 Å². The van der Waals surface area contributed by atoms with Crippen LogP contribution in [0.25, 0.3) is 0 Å². The summed E-state index contributed by atoms with van der Waals surface area (Å²) in [4.78, 5) is 6.91. The second-order valence-electron chi connectivity index (χ2n) is 5.54. The zero-order valence-corrected chi connectivity index (χ0v) is 10.6. The fourth-order valence-electron chi connectivity index (χ4n) is 2.97. The molecule has 0 aliphatic carbocycles. The van der Waals surface area contributed by atoms with Crippen LogP contribution in [0.1, 0.15) is 25.6 Å². The number of hydrogen-bond donors (Lipinski definition) is 0. The van der Waals surface area contributed by atoms with Crippen LogP contribution in [0.4, 0.5) is 0 Å². The highest BCUT2D eigenvalue weighted by Gasteiger charge is 2.55. The van der Waals surface area contributed by atoms with E-state index in [1.54, 1.807) is 0 Å². The van der Waals surface area contributed by atoms with E-state index in [0.717, 1.165) is 25.6 Å². The summed E-state index contributed by atoms with van der Waals surface area (Å²) in [5.74, 6) is 1.97. The van der Waals surface area contributed by atoms with Crippen molar-refractivity contribution in [1.82, 2.24) is 15.0 Å². The lowest BCUT2D eigenvalue weighted by Crippen LogP contribution is -2.37. The van der Waals surface area contributed by atoms with E-state index in [0.29, 0.717) is 24.4 Å². The zero-order valence-electron chi connectivity index (χ0n) is 10.6. The molecule has 0 radical (unpaired) electrons. The van der Waals surface area contributed by atoms with Crippen molar-refractivity contribution >= 4 is 0 Å². The van der Waals surface area contributed by atoms with Gasteiger partial charge in [-0.05, 0) is 20.8 Å². The number of fused-ring (bicyclic) bond motifs is 1. The third kappa shape index (κ3) is 1.60. The van der Waals surface area contributed by atoms with Gasteiger partial charge in [-0.25, -0.2) is 0 Å². The Hall–Kier alpha value is -0.940. The minimum Gasteiger partial charge on any atom is -0.380 e. The van der Waals surface area contributed by atoms with Crippen LogP contribution in [0, 0.1) is 12.8 Å². The summed E-state index contributed by atoms with van der Waals surface area (Å²) in [6.45, 7) is 9.89. The highest BCUT2D eigenvalue weighted by Crippen LogP contribution is 2.43. The second kappa shape index (κ2) is 3.78. The lowest BCUT2D eigenvalue weighted by Gasteiger charge is -2.24. The highest BCUT2D eigenvalue weighted by molar-refractivity contribution is 5.17. The van der Waals surface area contributed by atoms with Crippen LogP contribution in [0.2, 0.25) is 0 Å². The molecule has 17 heavy (non-hydrogen) atoms. The first-order valence-electron chi connectivity index (χ1n) is 6.24. The van der Waals surface area contributed by atoms with Crippen molar-refractivity contribution in [2.75, 3.05) is 26.3 Å². The van der Waals surface area contributed by atoms with Crippen LogP contribution < -0.4 is 0 Å². The van der Waals surface area contributed by atoms with Gasteiger partial charge in [0.05, 0.1) is 18.6 Å². The first-order chi connectivity index (χ1) is 8.12. The van der Waals surface area contributed by atoms with Gasteiger partial charge in [0.25, 0.3) is 0 Å². The van der Waals surface area contributed by atoms with Crippen molar-refractivity contribution in [3.63, 3.8) is 0 Å². The zero-order chi connectivity index (χ0) is 12.0. The van der Waals surface area contributed by atoms with E-state index in [9.17, 15) is 0 Å². The molecule has 0 aromatic carbocycles. The smallest absolute Gasteiger partial charge is 0.236 e. The molecule has 2 atom stereocenters. The SMILES string of the molecule is Cc1noc([C@@]23COC[C@@H]2CN(C(C)C)C3)n1. The van der Waals surface area contributed by atoms with Gasteiger partial charge in [-0.1, -0.05) is 5.16 Å². The van der Waals surface area contributed by atoms with Crippen molar-refractivity contribution in [2.45, 2.75) is 32.2 Å². The lowest BCUT2D eigenvalue weighted by atomic mass is 9.81. The molecule has 2 fully saturated rings. The van der Waals surface area contributed by atoms with Crippen LogP contribution in [0.15, 0.2) is 4.52 Å². The molecule has 3 rings (SSSR count). The Bertz CT molecular complexity index is 418. The first kappa shape index (κ1) is 11.2. The molecule has 0 saturated carbocycles. The standard InChI is InChI=1S/C12H19N3O2/c1-8(2)15-4-10-5-16-7-12(10,6-15)11-13-9(3)14-17-11/h8,10H,4-7H2,1-3H3/t10-,12-/m0/s1. The van der Waals surface area contributed by atoms with Crippen molar-refractivity contribution in [1.29, 1.82) is 0 Å². The van der Waals surface area contributed by atoms with Crippen molar-refractivity contribution < 1.29 is 9.26 Å². The van der Waals surface area contributed by atoms with Gasteiger partial charge in [0.15, 0.2) is 5.82 Å². The van der Waals surface area contributed by atoms with Crippen molar-refractivity contribution in [3.8, 4) is 0 Å². The van der Waals surface area contributed by atoms with Crippen molar-refractivity contribution in [2.24, 2.45) is 5.92 Å². The molecule has 0 spiro atoms. The molecule has 94 valence electrons. The molecule has 0 bridgehead atoms. The molecular weight excluding hydrogens is 218 g/mol. The highest BCUT2D eigenvalue weighted by atomic mass is 16.5. The molecule has 2 aliphatic rings. The first-order valence-corrected chi connectivity index (χ1v) is 6.24. The predicted octanol–water partition coefficient (Wildman–Crippen LogP) is 0.986. The van der Waals surface area contributed by atoms with Crippen LogP contribution in [-0.2, 0) is 10.2 Å². The van der Waals surface area contributed by atoms with E-state index < -0.39 is 0 Å². The van der Waals surface area contributed by atoms with Crippen LogP contribution in [0.3, 0.4) is 0 Å². The molecule has 1 aromatic rings. The predicted molar refractivity (Wildman–Crippen MR) is 61.7 cm³/mol. The summed E-state index contributed by atoms with van der Waals surface area (Å²) >= 11 is 0. The molecule has 2 aliphatic heterocycles. The molecule has 0 unspecified atom stereocenters. The Kier molecular flexibility index (Phi) is 2.48. The van der Waals surface area contributed by atoms with Gasteiger partial charge in [0.1, 0.15) is 0 Å². The minimum absolute atomic E-state index is 0.0640. The fraction of sp³-hybridized carbons (Fsp3) is 0.833. The summed E-state index contributed by atoms with van der Waals surface area (Å²) in [5, 5.41) is 3.93. The number of nitrogens with zero attached hydrogens (tertiary/aromatic N) is 3. The molecule has 3 heterocycles. The van der Waals surface area contributed by atoms with Gasteiger partial charge in [0.2, 0.25) is 5.89 Å². The largest absolute Gasteiger partial charge is 0.380 e. The molecule has 0 amide bonds.